The van der Waals surface area contributed by atoms with Crippen molar-refractivity contribution in [1.29, 1.82) is 0 Å². The summed E-state index contributed by atoms with van der Waals surface area (Å²) in [6.45, 7) is -0.117. The van der Waals surface area contributed by atoms with Crippen molar-refractivity contribution in [3.8, 4) is 0 Å². The highest BCUT2D eigenvalue weighted by Gasteiger charge is 2.44. The third kappa shape index (κ3) is 7.36. The van der Waals surface area contributed by atoms with Crippen LogP contribution in [0.5, 0.6) is 0 Å². The first-order valence-electron chi connectivity index (χ1n) is 15.7. The molecule has 7 atom stereocenters. The van der Waals surface area contributed by atoms with E-state index in [-0.39, 0.29) is 44.6 Å². The molecule has 0 aromatic heterocycles. The maximum absolute atomic E-state index is 13.9. The van der Waals surface area contributed by atoms with Crippen LogP contribution in [-0.4, -0.2) is 91.3 Å². The fourth-order valence-electron chi connectivity index (χ4n) is 6.50. The monoisotopic (exact) mass is 616 g/mol. The van der Waals surface area contributed by atoms with E-state index in [1.165, 1.54) is 4.90 Å². The zero-order valence-electron chi connectivity index (χ0n) is 25.4. The first-order chi connectivity index (χ1) is 21.9. The van der Waals surface area contributed by atoms with E-state index in [1.54, 1.807) is 25.3 Å². The van der Waals surface area contributed by atoms with Gasteiger partial charge in [0.05, 0.1) is 24.4 Å². The Morgan fingerprint density at radius 2 is 1.87 bits per heavy atom. The summed E-state index contributed by atoms with van der Waals surface area (Å²) in [5, 5.41) is 11.9. The first kappa shape index (κ1) is 31.2. The molecule has 10 heteroatoms. The Morgan fingerprint density at radius 3 is 2.67 bits per heavy atom. The van der Waals surface area contributed by atoms with Crippen molar-refractivity contribution in [2.24, 2.45) is 5.92 Å². The summed E-state index contributed by atoms with van der Waals surface area (Å²) in [5.41, 5.74) is 2.46. The minimum Gasteiger partial charge on any atom is -0.456 e. The molecule has 2 aliphatic heterocycles. The number of likely N-dealkylation sites (N-methyl/N-ethyl adjacent to an activating group) is 1. The van der Waals surface area contributed by atoms with E-state index < -0.39 is 30.3 Å². The molecule has 10 nitrogen and oxygen atoms in total. The second-order valence-electron chi connectivity index (χ2n) is 12.1. The van der Waals surface area contributed by atoms with Crippen LogP contribution in [0.15, 0.2) is 72.3 Å². The summed E-state index contributed by atoms with van der Waals surface area (Å²) in [4.78, 5) is 42.0. The predicted molar refractivity (Wildman–Crippen MR) is 165 cm³/mol. The van der Waals surface area contributed by atoms with Gasteiger partial charge in [0.15, 0.2) is 0 Å². The molecular formula is C35H40N2O8. The number of hydrogen-bond donors (Lipinski definition) is 2. The average molecular weight is 617 g/mol. The van der Waals surface area contributed by atoms with Gasteiger partial charge in [0.1, 0.15) is 31.1 Å². The lowest BCUT2D eigenvalue weighted by Crippen LogP contribution is -2.51. The van der Waals surface area contributed by atoms with Crippen LogP contribution in [-0.2, 0) is 35.0 Å². The summed E-state index contributed by atoms with van der Waals surface area (Å²) in [6.07, 6.45) is 8.30. The molecule has 3 fully saturated rings. The van der Waals surface area contributed by atoms with Crippen molar-refractivity contribution < 1.29 is 38.4 Å². The number of hydrogen-bond acceptors (Lipinski definition) is 8. The minimum atomic E-state index is -0.827. The number of esters is 1. The van der Waals surface area contributed by atoms with Crippen LogP contribution in [0.2, 0.25) is 0 Å². The highest BCUT2D eigenvalue weighted by atomic mass is 16.7. The molecule has 4 aliphatic rings. The number of nitrogens with zero attached hydrogens (tertiary/aromatic N) is 1. The Balaban J connectivity index is 1.16. The lowest BCUT2D eigenvalue weighted by molar-refractivity contribution is -0.137. The Kier molecular flexibility index (Phi) is 9.75. The number of benzene rings is 2. The summed E-state index contributed by atoms with van der Waals surface area (Å²) < 4.78 is 23.2. The van der Waals surface area contributed by atoms with Crippen molar-refractivity contribution in [2.45, 2.75) is 68.7 Å². The number of rotatable bonds is 11. The third-order valence-corrected chi connectivity index (χ3v) is 9.08. The van der Waals surface area contributed by atoms with Crippen molar-refractivity contribution in [3.63, 3.8) is 0 Å². The van der Waals surface area contributed by atoms with Crippen LogP contribution in [0.1, 0.15) is 47.2 Å². The molecule has 0 radical (unpaired) electrons. The fraction of sp³-hybridized carbons (Fsp3) is 0.457. The van der Waals surface area contributed by atoms with Gasteiger partial charge in [-0.3, -0.25) is 9.59 Å². The molecule has 238 valence electrons. The summed E-state index contributed by atoms with van der Waals surface area (Å²) in [5.74, 6) is -0.837. The van der Waals surface area contributed by atoms with E-state index in [4.69, 9.17) is 18.9 Å². The quantitative estimate of drug-likeness (QED) is 0.292. The summed E-state index contributed by atoms with van der Waals surface area (Å²) >= 11 is 0. The number of amides is 2. The number of allylic oxidation sites excluding steroid dienone is 1. The van der Waals surface area contributed by atoms with Crippen LogP contribution in [0.3, 0.4) is 0 Å². The molecule has 2 heterocycles. The maximum Gasteiger partial charge on any atom is 0.339 e. The highest BCUT2D eigenvalue weighted by molar-refractivity contribution is 5.97. The largest absolute Gasteiger partial charge is 0.456 e. The van der Waals surface area contributed by atoms with Crippen molar-refractivity contribution >= 4 is 23.9 Å². The normalized spacial score (nSPS) is 27.6. The molecule has 2 aromatic rings. The molecule has 2 aliphatic carbocycles. The molecule has 6 rings (SSSR count). The van der Waals surface area contributed by atoms with Gasteiger partial charge in [-0.15, -0.1) is 0 Å². The smallest absolute Gasteiger partial charge is 0.339 e. The molecule has 3 unspecified atom stereocenters. The van der Waals surface area contributed by atoms with Gasteiger partial charge < -0.3 is 34.3 Å². The predicted octanol–water partition coefficient (Wildman–Crippen LogP) is 3.04. The van der Waals surface area contributed by atoms with Crippen LogP contribution in [0.4, 0.5) is 0 Å². The number of epoxide rings is 1. The number of nitrogens with one attached hydrogen (secondary N) is 1. The van der Waals surface area contributed by atoms with E-state index in [0.717, 1.165) is 30.4 Å². The van der Waals surface area contributed by atoms with Gasteiger partial charge in [0, 0.05) is 32.0 Å². The number of carbonyl (C=O) groups excluding carboxylic acids is 3. The van der Waals surface area contributed by atoms with E-state index in [0.29, 0.717) is 29.3 Å². The summed E-state index contributed by atoms with van der Waals surface area (Å²) in [7, 11) is 1.58. The minimum absolute atomic E-state index is 0.0175. The first-order valence-corrected chi connectivity index (χ1v) is 15.7. The van der Waals surface area contributed by atoms with Gasteiger partial charge in [0.2, 0.25) is 11.8 Å². The maximum atomic E-state index is 13.9. The number of carbonyl (C=O) groups is 3. The van der Waals surface area contributed by atoms with Crippen LogP contribution in [0, 0.1) is 5.92 Å². The van der Waals surface area contributed by atoms with Crippen molar-refractivity contribution in [1.82, 2.24) is 10.2 Å². The standard InChI is InChI=1S/C35H40N2O8/c1-37(27(33(39)36-15-16-38)17-22-7-3-2-4-8-22)34(40)25-19-30-32(43-21-42-30)31(20-25)45-35(41)26-10-6-5-9-24(26)13-11-23-12-14-28-29(18-23)44-28/h2-11,13,19,23,27-32,38H,12,14-18,20-21H2,1H3,(H,36,39)/t23?,27-,28?,29?,30-,31-,32-/m1/s1. The summed E-state index contributed by atoms with van der Waals surface area (Å²) in [6, 6.07) is 15.9. The second-order valence-corrected chi connectivity index (χ2v) is 12.1. The molecule has 45 heavy (non-hydrogen) atoms. The van der Waals surface area contributed by atoms with Crippen LogP contribution < -0.4 is 5.32 Å². The number of fused-ring (bicyclic) bond motifs is 2. The van der Waals surface area contributed by atoms with E-state index in [2.05, 4.69) is 11.4 Å². The Hall–Kier alpha value is -3.83. The zero-order chi connectivity index (χ0) is 31.3. The highest BCUT2D eigenvalue weighted by Crippen LogP contribution is 2.40. The van der Waals surface area contributed by atoms with Crippen LogP contribution in [0.25, 0.3) is 6.08 Å². The van der Waals surface area contributed by atoms with Gasteiger partial charge in [0.25, 0.3) is 0 Å². The SMILES string of the molecule is CN(C(=O)C1=C[C@H]2OCO[C@H]2[C@H](OC(=O)c2ccccc2C=CC2CCC3OC3C2)C1)[C@H](Cc1ccccc1)C(=O)NCCO. The van der Waals surface area contributed by atoms with Gasteiger partial charge in [-0.2, -0.15) is 0 Å². The molecule has 2 aromatic carbocycles. The van der Waals surface area contributed by atoms with E-state index in [1.807, 2.05) is 48.5 Å². The average Bonchev–Trinajstić information content (AvgIpc) is 3.69. The Labute approximate surface area is 263 Å². The Morgan fingerprint density at radius 1 is 1.07 bits per heavy atom. The molecule has 2 amide bonds. The second kappa shape index (κ2) is 14.1. The Bertz CT molecular complexity index is 1440. The third-order valence-electron chi connectivity index (χ3n) is 9.08. The van der Waals surface area contributed by atoms with E-state index >= 15 is 0 Å². The van der Waals surface area contributed by atoms with Gasteiger partial charge in [-0.1, -0.05) is 60.7 Å². The molecule has 2 N–H and O–H groups in total. The fourth-order valence-corrected chi connectivity index (χ4v) is 6.50. The number of ether oxygens (including phenoxy) is 4. The van der Waals surface area contributed by atoms with E-state index in [9.17, 15) is 19.5 Å². The van der Waals surface area contributed by atoms with Crippen molar-refractivity contribution in [3.05, 3.63) is 89.0 Å². The molecular weight excluding hydrogens is 576 g/mol. The molecule has 0 spiro atoms. The van der Waals surface area contributed by atoms with Crippen molar-refractivity contribution in [2.75, 3.05) is 27.0 Å². The van der Waals surface area contributed by atoms with Crippen LogP contribution >= 0.6 is 0 Å². The topological polar surface area (TPSA) is 127 Å². The molecule has 1 saturated carbocycles. The molecule has 0 bridgehead atoms. The van der Waals surface area contributed by atoms with Gasteiger partial charge >= 0.3 is 5.97 Å². The zero-order valence-corrected chi connectivity index (χ0v) is 25.4. The van der Waals surface area contributed by atoms with Gasteiger partial charge in [-0.05, 0) is 48.4 Å². The molecule has 2 saturated heterocycles. The number of aliphatic hydroxyl groups excluding tert-OH is 1. The number of aliphatic hydroxyl groups is 1. The lowest BCUT2D eigenvalue weighted by Gasteiger charge is -2.33. The lowest BCUT2D eigenvalue weighted by atomic mass is 9.88. The van der Waals surface area contributed by atoms with Gasteiger partial charge in [-0.25, -0.2) is 4.79 Å².